The van der Waals surface area contributed by atoms with Gasteiger partial charge in [0, 0.05) is 6.04 Å². The van der Waals surface area contributed by atoms with E-state index in [0.717, 1.165) is 5.56 Å². The van der Waals surface area contributed by atoms with Crippen molar-refractivity contribution in [2.75, 3.05) is 21.3 Å². The third kappa shape index (κ3) is 4.09. The summed E-state index contributed by atoms with van der Waals surface area (Å²) < 4.78 is 14.8. The smallest absolute Gasteiger partial charge is 0.307 e. The summed E-state index contributed by atoms with van der Waals surface area (Å²) in [5, 5.41) is 0. The molecule has 1 aromatic rings. The fourth-order valence-electron chi connectivity index (χ4n) is 1.46. The fourth-order valence-corrected chi connectivity index (χ4v) is 1.46. The Morgan fingerprint density at radius 2 is 1.83 bits per heavy atom. The van der Waals surface area contributed by atoms with Crippen LogP contribution in [0.15, 0.2) is 18.2 Å². The largest absolute Gasteiger partial charge is 1.00 e. The van der Waals surface area contributed by atoms with Gasteiger partial charge in [0.25, 0.3) is 0 Å². The van der Waals surface area contributed by atoms with Crippen LogP contribution in [0.4, 0.5) is 0 Å². The minimum absolute atomic E-state index is 0. The number of hydrogen-bond donors (Lipinski definition) is 1. The average molecular weight is 275 g/mol. The summed E-state index contributed by atoms with van der Waals surface area (Å²) in [6.07, 6.45) is 0.131. The SMILES string of the molecule is COC(=O)CC(N)c1ccc(OC)c(OC)c1.[Cl-]. The third-order valence-electron chi connectivity index (χ3n) is 2.45. The molecule has 0 saturated carbocycles. The molecule has 0 aliphatic rings. The monoisotopic (exact) mass is 274 g/mol. The van der Waals surface area contributed by atoms with E-state index < -0.39 is 6.04 Å². The second-order valence-electron chi connectivity index (χ2n) is 3.50. The summed E-state index contributed by atoms with van der Waals surface area (Å²) in [5.41, 5.74) is 6.69. The number of esters is 1. The number of ether oxygens (including phenoxy) is 3. The van der Waals surface area contributed by atoms with Gasteiger partial charge in [-0.2, -0.15) is 0 Å². The van der Waals surface area contributed by atoms with Crippen molar-refractivity contribution in [2.45, 2.75) is 12.5 Å². The molecule has 0 saturated heterocycles. The molecule has 5 nitrogen and oxygen atoms in total. The van der Waals surface area contributed by atoms with Gasteiger partial charge < -0.3 is 32.4 Å². The topological polar surface area (TPSA) is 70.8 Å². The van der Waals surface area contributed by atoms with Gasteiger partial charge in [0.05, 0.1) is 27.8 Å². The van der Waals surface area contributed by atoms with Crippen molar-refractivity contribution in [1.29, 1.82) is 0 Å². The summed E-state index contributed by atoms with van der Waals surface area (Å²) >= 11 is 0. The maximum absolute atomic E-state index is 11.1. The van der Waals surface area contributed by atoms with Crippen molar-refractivity contribution in [3.63, 3.8) is 0 Å². The molecule has 0 aliphatic carbocycles. The molecule has 2 N–H and O–H groups in total. The first-order valence-corrected chi connectivity index (χ1v) is 5.16. The van der Waals surface area contributed by atoms with Crippen LogP contribution >= 0.6 is 0 Å². The summed E-state index contributed by atoms with van der Waals surface area (Å²) in [4.78, 5) is 11.1. The number of carbonyl (C=O) groups is 1. The molecule has 0 spiro atoms. The van der Waals surface area contributed by atoms with E-state index in [2.05, 4.69) is 4.74 Å². The lowest BCUT2D eigenvalue weighted by Gasteiger charge is -2.13. The van der Waals surface area contributed by atoms with Gasteiger partial charge in [-0.3, -0.25) is 4.79 Å². The average Bonchev–Trinajstić information content (AvgIpc) is 2.37. The van der Waals surface area contributed by atoms with E-state index in [9.17, 15) is 4.79 Å². The van der Waals surface area contributed by atoms with Crippen molar-refractivity contribution in [1.82, 2.24) is 0 Å². The summed E-state index contributed by atoms with van der Waals surface area (Å²) in [5.74, 6) is 0.874. The van der Waals surface area contributed by atoms with Crippen LogP contribution in [0, 0.1) is 0 Å². The summed E-state index contributed by atoms with van der Waals surface area (Å²) in [7, 11) is 4.45. The van der Waals surface area contributed by atoms with Crippen LogP contribution in [0.2, 0.25) is 0 Å². The summed E-state index contributed by atoms with van der Waals surface area (Å²) in [6.45, 7) is 0. The molecule has 102 valence electrons. The van der Waals surface area contributed by atoms with Gasteiger partial charge in [0.15, 0.2) is 11.5 Å². The Labute approximate surface area is 113 Å². The van der Waals surface area contributed by atoms with Gasteiger partial charge >= 0.3 is 5.97 Å². The van der Waals surface area contributed by atoms with E-state index in [0.29, 0.717) is 11.5 Å². The predicted molar refractivity (Wildman–Crippen MR) is 63.1 cm³/mol. The van der Waals surface area contributed by atoms with Gasteiger partial charge in [0.1, 0.15) is 0 Å². The number of rotatable bonds is 5. The van der Waals surface area contributed by atoms with Crippen molar-refractivity contribution in [3.8, 4) is 11.5 Å². The number of halogens is 1. The lowest BCUT2D eigenvalue weighted by molar-refractivity contribution is -0.141. The third-order valence-corrected chi connectivity index (χ3v) is 2.45. The van der Waals surface area contributed by atoms with Crippen LogP contribution in [0.3, 0.4) is 0 Å². The second kappa shape index (κ2) is 7.79. The molecule has 0 fully saturated rings. The number of hydrogen-bond acceptors (Lipinski definition) is 5. The van der Waals surface area contributed by atoms with Gasteiger partial charge in [-0.05, 0) is 17.7 Å². The molecule has 18 heavy (non-hydrogen) atoms. The Morgan fingerprint density at radius 1 is 1.22 bits per heavy atom. The molecule has 0 aliphatic heterocycles. The first-order chi connectivity index (χ1) is 8.12. The van der Waals surface area contributed by atoms with Crippen LogP contribution < -0.4 is 27.6 Å². The van der Waals surface area contributed by atoms with Crippen LogP contribution in [0.1, 0.15) is 18.0 Å². The zero-order valence-corrected chi connectivity index (χ0v) is 11.4. The van der Waals surface area contributed by atoms with Crippen LogP contribution in [-0.2, 0) is 9.53 Å². The molecule has 1 rings (SSSR count). The molecule has 6 heteroatoms. The highest BCUT2D eigenvalue weighted by molar-refractivity contribution is 5.70. The lowest BCUT2D eigenvalue weighted by Crippen LogP contribution is -3.00. The molecule has 1 atom stereocenters. The van der Waals surface area contributed by atoms with E-state index in [1.165, 1.54) is 7.11 Å². The van der Waals surface area contributed by atoms with Crippen molar-refractivity contribution in [2.24, 2.45) is 5.73 Å². The molecule has 1 aromatic carbocycles. The Morgan fingerprint density at radius 3 is 2.33 bits per heavy atom. The van der Waals surface area contributed by atoms with Crippen molar-refractivity contribution < 1.29 is 31.4 Å². The van der Waals surface area contributed by atoms with Crippen LogP contribution in [-0.4, -0.2) is 27.3 Å². The van der Waals surface area contributed by atoms with E-state index in [4.69, 9.17) is 15.2 Å². The van der Waals surface area contributed by atoms with Gasteiger partial charge in [-0.1, -0.05) is 6.07 Å². The normalized spacial score (nSPS) is 11.1. The van der Waals surface area contributed by atoms with E-state index in [1.54, 1.807) is 32.4 Å². The quantitative estimate of drug-likeness (QED) is 0.646. The lowest BCUT2D eigenvalue weighted by atomic mass is 10.0. The predicted octanol–water partition coefficient (Wildman–Crippen LogP) is -1.73. The van der Waals surface area contributed by atoms with Gasteiger partial charge in [-0.25, -0.2) is 0 Å². The molecular formula is C12H17ClNO4-. The first kappa shape index (κ1) is 16.5. The molecule has 0 bridgehead atoms. The number of carbonyl (C=O) groups excluding carboxylic acids is 1. The Bertz CT molecular complexity index is 398. The van der Waals surface area contributed by atoms with Crippen molar-refractivity contribution in [3.05, 3.63) is 23.8 Å². The standard InChI is InChI=1S/C12H17NO4.ClH/c1-15-10-5-4-8(6-11(10)16-2)9(13)7-12(14)17-3;/h4-6,9H,7,13H2,1-3H3;1H/p-1. The molecule has 0 amide bonds. The maximum Gasteiger partial charge on any atom is 0.307 e. The number of benzene rings is 1. The highest BCUT2D eigenvalue weighted by atomic mass is 35.5. The van der Waals surface area contributed by atoms with Crippen LogP contribution in [0.25, 0.3) is 0 Å². The highest BCUT2D eigenvalue weighted by Crippen LogP contribution is 2.30. The number of nitrogens with two attached hydrogens (primary N) is 1. The minimum atomic E-state index is -0.415. The second-order valence-corrected chi connectivity index (χ2v) is 3.50. The maximum atomic E-state index is 11.1. The van der Waals surface area contributed by atoms with E-state index in [-0.39, 0.29) is 24.8 Å². The Balaban J connectivity index is 0.00000289. The molecule has 0 heterocycles. The zero-order valence-electron chi connectivity index (χ0n) is 10.6. The minimum Gasteiger partial charge on any atom is -1.00 e. The van der Waals surface area contributed by atoms with Gasteiger partial charge in [-0.15, -0.1) is 0 Å². The Kier molecular flexibility index (Phi) is 7.16. The molecular weight excluding hydrogens is 258 g/mol. The molecule has 0 radical (unpaired) electrons. The van der Waals surface area contributed by atoms with Crippen LogP contribution in [0.5, 0.6) is 11.5 Å². The summed E-state index contributed by atoms with van der Waals surface area (Å²) in [6, 6.07) is 4.90. The van der Waals surface area contributed by atoms with E-state index in [1.807, 2.05) is 0 Å². The number of methoxy groups -OCH3 is 3. The molecule has 0 aromatic heterocycles. The Hall–Kier alpha value is -1.46. The first-order valence-electron chi connectivity index (χ1n) is 5.16. The highest BCUT2D eigenvalue weighted by Gasteiger charge is 2.14. The van der Waals surface area contributed by atoms with Crippen molar-refractivity contribution >= 4 is 5.97 Å². The fraction of sp³-hybridized carbons (Fsp3) is 0.417. The zero-order chi connectivity index (χ0) is 12.8. The van der Waals surface area contributed by atoms with E-state index >= 15 is 0 Å². The molecule has 1 unspecified atom stereocenters. The van der Waals surface area contributed by atoms with Gasteiger partial charge in [0.2, 0.25) is 0 Å².